The first-order valence-corrected chi connectivity index (χ1v) is 6.72. The first-order chi connectivity index (χ1) is 9.70. The fraction of sp³-hybridized carbons (Fsp3) is 0.375. The van der Waals surface area contributed by atoms with Crippen LogP contribution in [0.1, 0.15) is 33.4 Å². The Morgan fingerprint density at radius 2 is 1.76 bits per heavy atom. The topological polar surface area (TPSA) is 57.5 Å². The molecule has 5 heteroatoms. The van der Waals surface area contributed by atoms with Gasteiger partial charge in [-0.2, -0.15) is 0 Å². The van der Waals surface area contributed by atoms with Crippen LogP contribution in [0, 0.1) is 6.92 Å². The van der Waals surface area contributed by atoms with E-state index in [0.29, 0.717) is 22.3 Å². The minimum absolute atomic E-state index is 0.393. The van der Waals surface area contributed by atoms with E-state index in [2.05, 4.69) is 0 Å². The zero-order valence-electron chi connectivity index (χ0n) is 12.9. The summed E-state index contributed by atoms with van der Waals surface area (Å²) in [6.45, 7) is 8.47. The van der Waals surface area contributed by atoms with Gasteiger partial charge < -0.3 is 9.47 Å². The summed E-state index contributed by atoms with van der Waals surface area (Å²) in [6.07, 6.45) is -0.491. The number of nitrogens with zero attached hydrogens (tertiary/aromatic N) is 1. The highest BCUT2D eigenvalue weighted by Crippen LogP contribution is 2.33. The highest BCUT2D eigenvalue weighted by atomic mass is 16.6. The lowest BCUT2D eigenvalue weighted by molar-refractivity contribution is -0.131. The van der Waals surface area contributed by atoms with Crippen molar-refractivity contribution < 1.29 is 19.1 Å². The van der Waals surface area contributed by atoms with Gasteiger partial charge in [0.05, 0.1) is 11.2 Å². The molecule has 0 spiro atoms. The average molecular weight is 289 g/mol. The minimum Gasteiger partial charge on any atom is -0.443 e. The van der Waals surface area contributed by atoms with Crippen LogP contribution in [0.25, 0.3) is 10.9 Å². The summed E-state index contributed by atoms with van der Waals surface area (Å²) in [6, 6.07) is 7.25. The quantitative estimate of drug-likeness (QED) is 0.752. The van der Waals surface area contributed by atoms with Crippen LogP contribution >= 0.6 is 0 Å². The molecule has 0 fully saturated rings. The maximum Gasteiger partial charge on any atom is 0.419 e. The fourth-order valence-electron chi connectivity index (χ4n) is 2.15. The maximum atomic E-state index is 12.4. The van der Waals surface area contributed by atoms with Crippen LogP contribution in [0.15, 0.2) is 24.3 Å². The van der Waals surface area contributed by atoms with Crippen molar-refractivity contribution in [2.75, 3.05) is 0 Å². The van der Waals surface area contributed by atoms with Gasteiger partial charge in [0, 0.05) is 12.3 Å². The van der Waals surface area contributed by atoms with Crippen molar-refractivity contribution in [1.82, 2.24) is 4.57 Å². The summed E-state index contributed by atoms with van der Waals surface area (Å²) >= 11 is 0. The molecule has 5 nitrogen and oxygen atoms in total. The third kappa shape index (κ3) is 3.07. The van der Waals surface area contributed by atoms with E-state index in [1.807, 2.05) is 18.2 Å². The molecule has 1 aromatic heterocycles. The molecule has 0 aliphatic rings. The van der Waals surface area contributed by atoms with Crippen molar-refractivity contribution in [3.05, 3.63) is 30.0 Å². The highest BCUT2D eigenvalue weighted by molar-refractivity contribution is 5.97. The predicted octanol–water partition coefficient (Wildman–Crippen LogP) is 3.66. The van der Waals surface area contributed by atoms with Gasteiger partial charge >= 0.3 is 12.1 Å². The van der Waals surface area contributed by atoms with Crippen molar-refractivity contribution >= 4 is 23.0 Å². The summed E-state index contributed by atoms with van der Waals surface area (Å²) < 4.78 is 12.1. The smallest absolute Gasteiger partial charge is 0.419 e. The Morgan fingerprint density at radius 3 is 2.33 bits per heavy atom. The van der Waals surface area contributed by atoms with Crippen molar-refractivity contribution in [3.8, 4) is 5.75 Å². The van der Waals surface area contributed by atoms with Gasteiger partial charge in [0.15, 0.2) is 5.75 Å². The van der Waals surface area contributed by atoms with Gasteiger partial charge in [0.2, 0.25) is 0 Å². The first kappa shape index (κ1) is 15.1. The van der Waals surface area contributed by atoms with E-state index in [9.17, 15) is 9.59 Å². The van der Waals surface area contributed by atoms with Crippen LogP contribution in [0.2, 0.25) is 0 Å². The SMILES string of the molecule is CC(=O)Oc1c(C)n(C(=O)OC(C)(C)C)c2ccccc12. The molecule has 112 valence electrons. The summed E-state index contributed by atoms with van der Waals surface area (Å²) in [4.78, 5) is 23.7. The number of benzene rings is 1. The third-order valence-corrected chi connectivity index (χ3v) is 2.88. The molecule has 21 heavy (non-hydrogen) atoms. The lowest BCUT2D eigenvalue weighted by Gasteiger charge is -2.20. The predicted molar refractivity (Wildman–Crippen MR) is 79.6 cm³/mol. The average Bonchev–Trinajstić information content (AvgIpc) is 2.60. The van der Waals surface area contributed by atoms with Crippen LogP contribution in [-0.4, -0.2) is 22.2 Å². The van der Waals surface area contributed by atoms with Gasteiger partial charge in [0.25, 0.3) is 0 Å². The van der Waals surface area contributed by atoms with Gasteiger partial charge in [0.1, 0.15) is 5.60 Å². The van der Waals surface area contributed by atoms with Crippen molar-refractivity contribution in [3.63, 3.8) is 0 Å². The van der Waals surface area contributed by atoms with Crippen molar-refractivity contribution in [2.45, 2.75) is 40.2 Å². The number of ether oxygens (including phenoxy) is 2. The largest absolute Gasteiger partial charge is 0.443 e. The van der Waals surface area contributed by atoms with Gasteiger partial charge in [-0.05, 0) is 39.8 Å². The number of hydrogen-bond donors (Lipinski definition) is 0. The molecule has 1 heterocycles. The number of para-hydroxylation sites is 1. The summed E-state index contributed by atoms with van der Waals surface area (Å²) in [7, 11) is 0. The number of rotatable bonds is 1. The molecule has 0 radical (unpaired) electrons. The Balaban J connectivity index is 2.61. The molecule has 2 rings (SSSR count). The molecule has 0 aliphatic carbocycles. The van der Waals surface area contributed by atoms with Crippen molar-refractivity contribution in [2.24, 2.45) is 0 Å². The van der Waals surface area contributed by atoms with Crippen LogP contribution < -0.4 is 4.74 Å². The standard InChI is InChI=1S/C16H19NO4/c1-10-14(20-11(2)18)12-8-6-7-9-13(12)17(10)15(19)21-16(3,4)5/h6-9H,1-5H3. The summed E-state index contributed by atoms with van der Waals surface area (Å²) in [5.41, 5.74) is 0.595. The molecular weight excluding hydrogens is 270 g/mol. The molecule has 0 unspecified atom stereocenters. The number of esters is 1. The summed E-state index contributed by atoms with van der Waals surface area (Å²) in [5, 5.41) is 0.705. The normalized spacial score (nSPS) is 11.5. The number of carbonyl (C=O) groups is 2. The molecule has 2 aromatic rings. The molecule has 0 amide bonds. The zero-order chi connectivity index (χ0) is 15.8. The Kier molecular flexibility index (Phi) is 3.77. The molecule has 0 saturated heterocycles. The van der Waals surface area contributed by atoms with Gasteiger partial charge in [-0.3, -0.25) is 4.79 Å². The van der Waals surface area contributed by atoms with Gasteiger partial charge in [-0.1, -0.05) is 12.1 Å². The number of hydrogen-bond acceptors (Lipinski definition) is 4. The van der Waals surface area contributed by atoms with E-state index in [0.717, 1.165) is 0 Å². The fourth-order valence-corrected chi connectivity index (χ4v) is 2.15. The molecule has 1 aromatic carbocycles. The van der Waals surface area contributed by atoms with Crippen molar-refractivity contribution in [1.29, 1.82) is 0 Å². The Labute approximate surface area is 123 Å². The van der Waals surface area contributed by atoms with Gasteiger partial charge in [-0.25, -0.2) is 9.36 Å². The van der Waals surface area contributed by atoms with E-state index in [1.165, 1.54) is 11.5 Å². The lowest BCUT2D eigenvalue weighted by Crippen LogP contribution is -2.27. The molecule has 0 aliphatic heterocycles. The number of carbonyl (C=O) groups excluding carboxylic acids is 2. The molecular formula is C16H19NO4. The van der Waals surface area contributed by atoms with Crippen LogP contribution in [-0.2, 0) is 9.53 Å². The van der Waals surface area contributed by atoms with Crippen LogP contribution in [0.4, 0.5) is 4.79 Å². The minimum atomic E-state index is -0.601. The van der Waals surface area contributed by atoms with E-state index in [-0.39, 0.29) is 0 Å². The van der Waals surface area contributed by atoms with E-state index in [1.54, 1.807) is 33.8 Å². The molecule has 0 bridgehead atoms. The van der Waals surface area contributed by atoms with E-state index < -0.39 is 17.7 Å². The molecule has 0 N–H and O–H groups in total. The lowest BCUT2D eigenvalue weighted by atomic mass is 10.2. The maximum absolute atomic E-state index is 12.4. The zero-order valence-corrected chi connectivity index (χ0v) is 12.9. The van der Waals surface area contributed by atoms with Crippen LogP contribution in [0.5, 0.6) is 5.75 Å². The second kappa shape index (κ2) is 5.24. The second-order valence-electron chi connectivity index (χ2n) is 5.84. The van der Waals surface area contributed by atoms with Gasteiger partial charge in [-0.15, -0.1) is 0 Å². The Bertz CT molecular complexity index is 707. The second-order valence-corrected chi connectivity index (χ2v) is 5.84. The van der Waals surface area contributed by atoms with E-state index >= 15 is 0 Å². The number of aromatic nitrogens is 1. The Morgan fingerprint density at radius 1 is 1.14 bits per heavy atom. The molecule has 0 atom stereocenters. The highest BCUT2D eigenvalue weighted by Gasteiger charge is 2.24. The molecule has 0 saturated carbocycles. The summed E-state index contributed by atoms with van der Waals surface area (Å²) in [5.74, 6) is -0.0332. The third-order valence-electron chi connectivity index (χ3n) is 2.88. The number of fused-ring (bicyclic) bond motifs is 1. The van der Waals surface area contributed by atoms with E-state index in [4.69, 9.17) is 9.47 Å². The first-order valence-electron chi connectivity index (χ1n) is 6.72. The Hall–Kier alpha value is -2.30. The monoisotopic (exact) mass is 289 g/mol. The van der Waals surface area contributed by atoms with Crippen LogP contribution in [0.3, 0.4) is 0 Å².